The lowest BCUT2D eigenvalue weighted by molar-refractivity contribution is -0.131. The molecule has 0 bridgehead atoms. The zero-order valence-corrected chi connectivity index (χ0v) is 16.6. The Kier molecular flexibility index (Phi) is 5.69. The fourth-order valence-corrected chi connectivity index (χ4v) is 3.97. The van der Waals surface area contributed by atoms with Crippen LogP contribution in [0.5, 0.6) is 0 Å². The number of benzene rings is 1. The summed E-state index contributed by atoms with van der Waals surface area (Å²) in [5, 5.41) is 0. The van der Waals surface area contributed by atoms with Gasteiger partial charge in [-0.25, -0.2) is 9.37 Å². The highest BCUT2D eigenvalue weighted by atomic mass is 19.1. The summed E-state index contributed by atoms with van der Waals surface area (Å²) in [5.74, 6) is 1.22. The maximum absolute atomic E-state index is 13.3. The van der Waals surface area contributed by atoms with Gasteiger partial charge in [-0.05, 0) is 55.5 Å². The van der Waals surface area contributed by atoms with Gasteiger partial charge in [0, 0.05) is 49.5 Å². The standard InChI is InChI=1S/C23H25FN4O/c1-17-14-26-23(20-5-3-9-25-15-20)28(17)16-18-7-10-27(11-8-18)22(29)13-19-4-2-6-21(24)12-19/h2-6,9,12,14-15,18H,7-8,10-11,13,16H2,1H3. The van der Waals surface area contributed by atoms with Gasteiger partial charge in [0.15, 0.2) is 0 Å². The minimum atomic E-state index is -0.297. The predicted molar refractivity (Wildman–Crippen MR) is 110 cm³/mol. The van der Waals surface area contributed by atoms with E-state index in [0.29, 0.717) is 5.92 Å². The largest absolute Gasteiger partial charge is 0.342 e. The Hall–Kier alpha value is -3.02. The summed E-state index contributed by atoms with van der Waals surface area (Å²) < 4.78 is 15.6. The van der Waals surface area contributed by atoms with Crippen LogP contribution in [0.3, 0.4) is 0 Å². The van der Waals surface area contributed by atoms with Gasteiger partial charge >= 0.3 is 0 Å². The van der Waals surface area contributed by atoms with Crippen molar-refractivity contribution in [2.45, 2.75) is 32.7 Å². The molecule has 2 aromatic heterocycles. The summed E-state index contributed by atoms with van der Waals surface area (Å²) in [6.45, 7) is 4.45. The lowest BCUT2D eigenvalue weighted by Crippen LogP contribution is -2.40. The molecule has 4 rings (SSSR count). The number of amides is 1. The number of hydrogen-bond donors (Lipinski definition) is 0. The number of pyridine rings is 1. The first kappa shape index (κ1) is 19.3. The topological polar surface area (TPSA) is 51.0 Å². The smallest absolute Gasteiger partial charge is 0.226 e. The maximum atomic E-state index is 13.3. The van der Waals surface area contributed by atoms with Gasteiger partial charge in [-0.1, -0.05) is 12.1 Å². The van der Waals surface area contributed by atoms with Crippen LogP contribution >= 0.6 is 0 Å². The summed E-state index contributed by atoms with van der Waals surface area (Å²) in [6.07, 6.45) is 7.68. The van der Waals surface area contributed by atoms with Crippen LogP contribution in [-0.4, -0.2) is 38.4 Å². The Morgan fingerprint density at radius 3 is 2.72 bits per heavy atom. The van der Waals surface area contributed by atoms with Gasteiger partial charge < -0.3 is 9.47 Å². The lowest BCUT2D eigenvalue weighted by atomic mass is 9.96. The second kappa shape index (κ2) is 8.55. The highest BCUT2D eigenvalue weighted by Crippen LogP contribution is 2.25. The van der Waals surface area contributed by atoms with Crippen LogP contribution in [0, 0.1) is 18.7 Å². The van der Waals surface area contributed by atoms with Crippen molar-refractivity contribution in [2.24, 2.45) is 5.92 Å². The van der Waals surface area contributed by atoms with E-state index in [-0.39, 0.29) is 18.1 Å². The van der Waals surface area contributed by atoms with Gasteiger partial charge in [-0.2, -0.15) is 0 Å². The molecule has 6 heteroatoms. The third kappa shape index (κ3) is 4.53. The van der Waals surface area contributed by atoms with Gasteiger partial charge in [0.25, 0.3) is 0 Å². The first-order chi connectivity index (χ1) is 14.1. The Labute approximate surface area is 170 Å². The third-order valence-corrected chi connectivity index (χ3v) is 5.63. The van der Waals surface area contributed by atoms with Gasteiger partial charge in [0.05, 0.1) is 6.42 Å². The number of rotatable bonds is 5. The van der Waals surface area contributed by atoms with E-state index in [1.165, 1.54) is 12.1 Å². The molecule has 0 unspecified atom stereocenters. The molecule has 0 saturated carbocycles. The number of carbonyl (C=O) groups is 1. The molecule has 0 spiro atoms. The number of aryl methyl sites for hydroxylation is 1. The van der Waals surface area contributed by atoms with E-state index < -0.39 is 0 Å². The molecule has 3 heterocycles. The van der Waals surface area contributed by atoms with Crippen molar-refractivity contribution < 1.29 is 9.18 Å². The number of aromatic nitrogens is 3. The van der Waals surface area contributed by atoms with E-state index in [9.17, 15) is 9.18 Å². The number of likely N-dealkylation sites (tertiary alicyclic amines) is 1. The molecule has 1 aliphatic heterocycles. The quantitative estimate of drug-likeness (QED) is 0.662. The molecule has 0 aliphatic carbocycles. The number of hydrogen-bond acceptors (Lipinski definition) is 3. The second-order valence-corrected chi connectivity index (χ2v) is 7.71. The van der Waals surface area contributed by atoms with Crippen molar-refractivity contribution in [2.75, 3.05) is 13.1 Å². The van der Waals surface area contributed by atoms with E-state index in [4.69, 9.17) is 0 Å². The number of carbonyl (C=O) groups excluding carboxylic acids is 1. The molecule has 1 amide bonds. The normalized spacial score (nSPS) is 14.9. The summed E-state index contributed by atoms with van der Waals surface area (Å²) in [4.78, 5) is 23.3. The predicted octanol–water partition coefficient (Wildman–Crippen LogP) is 3.87. The van der Waals surface area contributed by atoms with Crippen molar-refractivity contribution in [3.8, 4) is 11.4 Å². The van der Waals surface area contributed by atoms with E-state index in [1.54, 1.807) is 18.3 Å². The zero-order valence-electron chi connectivity index (χ0n) is 16.6. The summed E-state index contributed by atoms with van der Waals surface area (Å²) in [5.41, 5.74) is 2.88. The fraction of sp³-hybridized carbons (Fsp3) is 0.348. The molecule has 1 saturated heterocycles. The molecule has 0 N–H and O–H groups in total. The van der Waals surface area contributed by atoms with E-state index >= 15 is 0 Å². The summed E-state index contributed by atoms with van der Waals surface area (Å²) >= 11 is 0. The van der Waals surface area contributed by atoms with Crippen molar-refractivity contribution in [3.63, 3.8) is 0 Å². The molecule has 1 aromatic carbocycles. The number of piperidine rings is 1. The molecule has 3 aromatic rings. The lowest BCUT2D eigenvalue weighted by Gasteiger charge is -2.32. The van der Waals surface area contributed by atoms with Crippen LogP contribution in [0.25, 0.3) is 11.4 Å². The highest BCUT2D eigenvalue weighted by molar-refractivity contribution is 5.78. The Bertz CT molecular complexity index is 978. The van der Waals surface area contributed by atoms with Crippen molar-refractivity contribution in [1.82, 2.24) is 19.4 Å². The third-order valence-electron chi connectivity index (χ3n) is 5.63. The molecule has 0 radical (unpaired) electrons. The molecule has 1 fully saturated rings. The summed E-state index contributed by atoms with van der Waals surface area (Å²) in [7, 11) is 0. The van der Waals surface area contributed by atoms with Crippen molar-refractivity contribution in [1.29, 1.82) is 0 Å². The maximum Gasteiger partial charge on any atom is 0.226 e. The van der Waals surface area contributed by atoms with Crippen LogP contribution in [-0.2, 0) is 17.8 Å². The second-order valence-electron chi connectivity index (χ2n) is 7.71. The minimum absolute atomic E-state index is 0.0731. The van der Waals surface area contributed by atoms with Gasteiger partial charge in [0.1, 0.15) is 11.6 Å². The van der Waals surface area contributed by atoms with Gasteiger partial charge in [-0.3, -0.25) is 9.78 Å². The van der Waals surface area contributed by atoms with E-state index in [1.807, 2.05) is 29.4 Å². The molecule has 150 valence electrons. The van der Waals surface area contributed by atoms with Crippen molar-refractivity contribution >= 4 is 5.91 Å². The molecule has 29 heavy (non-hydrogen) atoms. The average Bonchev–Trinajstić information content (AvgIpc) is 3.09. The van der Waals surface area contributed by atoms with Gasteiger partial charge in [0.2, 0.25) is 5.91 Å². The Morgan fingerprint density at radius 2 is 2.00 bits per heavy atom. The molecule has 5 nitrogen and oxygen atoms in total. The van der Waals surface area contributed by atoms with Crippen LogP contribution in [0.2, 0.25) is 0 Å². The molecule has 0 atom stereocenters. The van der Waals surface area contributed by atoms with Crippen LogP contribution in [0.15, 0.2) is 55.0 Å². The van der Waals surface area contributed by atoms with E-state index in [0.717, 1.165) is 55.1 Å². The molecular weight excluding hydrogens is 367 g/mol. The Morgan fingerprint density at radius 1 is 1.17 bits per heavy atom. The molecular formula is C23H25FN4O. The molecule has 1 aliphatic rings. The van der Waals surface area contributed by atoms with Crippen LogP contribution in [0.4, 0.5) is 4.39 Å². The van der Waals surface area contributed by atoms with Crippen LogP contribution < -0.4 is 0 Å². The SMILES string of the molecule is Cc1cnc(-c2cccnc2)n1CC1CCN(C(=O)Cc2cccc(F)c2)CC1. The first-order valence-corrected chi connectivity index (χ1v) is 10.0. The van der Waals surface area contributed by atoms with E-state index in [2.05, 4.69) is 21.5 Å². The Balaban J connectivity index is 1.36. The van der Waals surface area contributed by atoms with Crippen molar-refractivity contribution in [3.05, 3.63) is 72.1 Å². The average molecular weight is 392 g/mol. The zero-order chi connectivity index (χ0) is 20.2. The minimum Gasteiger partial charge on any atom is -0.342 e. The highest BCUT2D eigenvalue weighted by Gasteiger charge is 2.24. The number of nitrogens with zero attached hydrogens (tertiary/aromatic N) is 4. The van der Waals surface area contributed by atoms with Gasteiger partial charge in [-0.15, -0.1) is 0 Å². The fourth-order valence-electron chi connectivity index (χ4n) is 3.97. The monoisotopic (exact) mass is 392 g/mol. The van der Waals surface area contributed by atoms with Crippen LogP contribution in [0.1, 0.15) is 24.1 Å². The summed E-state index contributed by atoms with van der Waals surface area (Å²) in [6, 6.07) is 10.2. The first-order valence-electron chi connectivity index (χ1n) is 10.0. The number of halogens is 1. The number of imidazole rings is 1.